The van der Waals surface area contributed by atoms with Crippen molar-refractivity contribution in [2.45, 2.75) is 24.0 Å². The fourth-order valence-corrected chi connectivity index (χ4v) is 5.71. The molecule has 3 aromatic carbocycles. The Labute approximate surface area is 188 Å². The first-order valence-electron chi connectivity index (χ1n) is 10.5. The minimum atomic E-state index is 0.0789. The van der Waals surface area contributed by atoms with Crippen LogP contribution >= 0.6 is 23.4 Å². The normalized spacial score (nSPS) is 17.0. The SMILES string of the molecule is O=C(CC(c1ccccc1)c1ccccc1)N1CCSC(c2ccccc2Cl)CC1. The van der Waals surface area contributed by atoms with E-state index in [4.69, 9.17) is 11.6 Å². The average Bonchev–Trinajstić information content (AvgIpc) is 3.05. The molecule has 1 fully saturated rings. The zero-order chi connectivity index (χ0) is 20.8. The van der Waals surface area contributed by atoms with E-state index in [0.717, 1.165) is 30.3 Å². The number of hydrogen-bond donors (Lipinski definition) is 0. The monoisotopic (exact) mass is 435 g/mol. The Hall–Kier alpha value is -2.23. The minimum absolute atomic E-state index is 0.0789. The lowest BCUT2D eigenvalue weighted by atomic mass is 9.88. The molecule has 1 unspecified atom stereocenters. The fourth-order valence-electron chi connectivity index (χ4n) is 4.11. The Bertz CT molecular complexity index is 924. The van der Waals surface area contributed by atoms with Gasteiger partial charge in [0.05, 0.1) is 0 Å². The third-order valence-corrected chi connectivity index (χ3v) is 7.38. The maximum absolute atomic E-state index is 13.3. The molecule has 0 saturated carbocycles. The van der Waals surface area contributed by atoms with Gasteiger partial charge in [0.1, 0.15) is 0 Å². The number of halogens is 1. The molecule has 0 aliphatic carbocycles. The second kappa shape index (κ2) is 10.2. The van der Waals surface area contributed by atoms with Crippen molar-refractivity contribution in [3.05, 3.63) is 107 Å². The number of benzene rings is 3. The lowest BCUT2D eigenvalue weighted by molar-refractivity contribution is -0.131. The van der Waals surface area contributed by atoms with Gasteiger partial charge in [-0.25, -0.2) is 0 Å². The van der Waals surface area contributed by atoms with Gasteiger partial charge in [-0.1, -0.05) is 90.5 Å². The average molecular weight is 436 g/mol. The lowest BCUT2D eigenvalue weighted by Crippen LogP contribution is -2.34. The van der Waals surface area contributed by atoms with E-state index in [1.165, 1.54) is 16.7 Å². The predicted octanol–water partition coefficient (Wildman–Crippen LogP) is 6.57. The van der Waals surface area contributed by atoms with E-state index < -0.39 is 0 Å². The molecule has 154 valence electrons. The van der Waals surface area contributed by atoms with Crippen molar-refractivity contribution in [1.82, 2.24) is 4.90 Å². The Morgan fingerprint density at radius 1 is 0.900 bits per heavy atom. The molecular formula is C26H26ClNOS. The molecule has 0 bridgehead atoms. The highest BCUT2D eigenvalue weighted by molar-refractivity contribution is 7.99. The number of thioether (sulfide) groups is 1. The molecule has 1 heterocycles. The second-order valence-corrected chi connectivity index (χ2v) is 9.35. The topological polar surface area (TPSA) is 20.3 Å². The van der Waals surface area contributed by atoms with E-state index in [1.807, 2.05) is 71.3 Å². The summed E-state index contributed by atoms with van der Waals surface area (Å²) >= 11 is 8.33. The van der Waals surface area contributed by atoms with E-state index in [-0.39, 0.29) is 11.8 Å². The van der Waals surface area contributed by atoms with E-state index in [2.05, 4.69) is 30.3 Å². The van der Waals surface area contributed by atoms with Crippen molar-refractivity contribution in [3.63, 3.8) is 0 Å². The zero-order valence-corrected chi connectivity index (χ0v) is 18.5. The lowest BCUT2D eigenvalue weighted by Gasteiger charge is -2.24. The van der Waals surface area contributed by atoms with Gasteiger partial charge in [-0.15, -0.1) is 0 Å². The first-order valence-corrected chi connectivity index (χ1v) is 11.9. The van der Waals surface area contributed by atoms with Gasteiger partial charge in [0, 0.05) is 41.5 Å². The second-order valence-electron chi connectivity index (χ2n) is 7.63. The van der Waals surface area contributed by atoms with Gasteiger partial charge in [-0.3, -0.25) is 4.79 Å². The van der Waals surface area contributed by atoms with Crippen LogP contribution in [0, 0.1) is 0 Å². The van der Waals surface area contributed by atoms with Crippen LogP contribution < -0.4 is 0 Å². The van der Waals surface area contributed by atoms with Gasteiger partial charge >= 0.3 is 0 Å². The molecule has 0 aromatic heterocycles. The van der Waals surface area contributed by atoms with Gasteiger partial charge in [-0.05, 0) is 29.2 Å². The maximum Gasteiger partial charge on any atom is 0.223 e. The Morgan fingerprint density at radius 2 is 1.50 bits per heavy atom. The Kier molecular flexibility index (Phi) is 7.14. The van der Waals surface area contributed by atoms with Gasteiger partial charge in [0.15, 0.2) is 0 Å². The molecule has 1 aliphatic rings. The molecule has 2 nitrogen and oxygen atoms in total. The van der Waals surface area contributed by atoms with Gasteiger partial charge < -0.3 is 4.90 Å². The summed E-state index contributed by atoms with van der Waals surface area (Å²) in [7, 11) is 0. The highest BCUT2D eigenvalue weighted by Crippen LogP contribution is 2.38. The summed E-state index contributed by atoms with van der Waals surface area (Å²) in [6, 6.07) is 28.8. The quantitative estimate of drug-likeness (QED) is 0.451. The van der Waals surface area contributed by atoms with Crippen LogP contribution in [-0.2, 0) is 4.79 Å². The summed E-state index contributed by atoms with van der Waals surface area (Å²) in [5, 5.41) is 1.17. The Balaban J connectivity index is 1.47. The standard InChI is InChI=1S/C26H26ClNOS/c27-24-14-8-7-13-22(24)25-15-16-28(17-18-30-25)26(29)19-23(20-9-3-1-4-10-20)21-11-5-2-6-12-21/h1-14,23,25H,15-19H2. The number of hydrogen-bond acceptors (Lipinski definition) is 2. The van der Waals surface area contributed by atoms with Crippen LogP contribution in [0.15, 0.2) is 84.9 Å². The van der Waals surface area contributed by atoms with Crippen molar-refractivity contribution in [1.29, 1.82) is 0 Å². The van der Waals surface area contributed by atoms with Crippen LogP contribution in [0.5, 0.6) is 0 Å². The molecule has 30 heavy (non-hydrogen) atoms. The number of nitrogens with zero attached hydrogens (tertiary/aromatic N) is 1. The Morgan fingerprint density at radius 3 is 2.13 bits per heavy atom. The molecule has 1 atom stereocenters. The first-order chi connectivity index (χ1) is 14.7. The summed E-state index contributed by atoms with van der Waals surface area (Å²) in [4.78, 5) is 15.4. The van der Waals surface area contributed by atoms with Gasteiger partial charge in [0.25, 0.3) is 0 Å². The van der Waals surface area contributed by atoms with Crippen molar-refractivity contribution in [2.75, 3.05) is 18.8 Å². The molecule has 1 aliphatic heterocycles. The molecule has 0 N–H and O–H groups in total. The highest BCUT2D eigenvalue weighted by Gasteiger charge is 2.26. The van der Waals surface area contributed by atoms with Crippen LogP contribution in [0.4, 0.5) is 0 Å². The summed E-state index contributed by atoms with van der Waals surface area (Å²) < 4.78 is 0. The van der Waals surface area contributed by atoms with Crippen molar-refractivity contribution in [2.24, 2.45) is 0 Å². The minimum Gasteiger partial charge on any atom is -0.342 e. The number of carbonyl (C=O) groups excluding carboxylic acids is 1. The number of rotatable bonds is 5. The van der Waals surface area contributed by atoms with Crippen molar-refractivity contribution in [3.8, 4) is 0 Å². The van der Waals surface area contributed by atoms with Crippen LogP contribution in [0.1, 0.15) is 40.7 Å². The summed E-state index contributed by atoms with van der Waals surface area (Å²) in [6.07, 6.45) is 1.43. The molecular weight excluding hydrogens is 410 g/mol. The zero-order valence-electron chi connectivity index (χ0n) is 16.9. The van der Waals surface area contributed by atoms with E-state index in [0.29, 0.717) is 11.7 Å². The summed E-state index contributed by atoms with van der Waals surface area (Å²) in [6.45, 7) is 1.57. The van der Waals surface area contributed by atoms with Gasteiger partial charge in [0.2, 0.25) is 5.91 Å². The maximum atomic E-state index is 13.3. The summed E-state index contributed by atoms with van der Waals surface area (Å²) in [5.74, 6) is 1.24. The van der Waals surface area contributed by atoms with E-state index >= 15 is 0 Å². The fraction of sp³-hybridized carbons (Fsp3) is 0.269. The first kappa shape index (κ1) is 21.0. The molecule has 4 heteroatoms. The number of carbonyl (C=O) groups is 1. The van der Waals surface area contributed by atoms with Crippen molar-refractivity contribution < 1.29 is 4.79 Å². The number of amides is 1. The van der Waals surface area contributed by atoms with Crippen LogP contribution in [0.25, 0.3) is 0 Å². The summed E-state index contributed by atoms with van der Waals surface area (Å²) in [5.41, 5.74) is 3.57. The van der Waals surface area contributed by atoms with Crippen LogP contribution in [-0.4, -0.2) is 29.6 Å². The third-order valence-electron chi connectivity index (χ3n) is 5.73. The molecule has 3 aromatic rings. The molecule has 0 radical (unpaired) electrons. The van der Waals surface area contributed by atoms with E-state index in [9.17, 15) is 4.79 Å². The molecule has 1 saturated heterocycles. The largest absolute Gasteiger partial charge is 0.342 e. The highest BCUT2D eigenvalue weighted by atomic mass is 35.5. The van der Waals surface area contributed by atoms with Crippen LogP contribution in [0.2, 0.25) is 5.02 Å². The van der Waals surface area contributed by atoms with Crippen LogP contribution in [0.3, 0.4) is 0 Å². The van der Waals surface area contributed by atoms with Crippen molar-refractivity contribution >= 4 is 29.3 Å². The van der Waals surface area contributed by atoms with Gasteiger partial charge in [-0.2, -0.15) is 11.8 Å². The predicted molar refractivity (Wildman–Crippen MR) is 127 cm³/mol. The smallest absolute Gasteiger partial charge is 0.223 e. The molecule has 0 spiro atoms. The molecule has 4 rings (SSSR count). The molecule has 1 amide bonds. The van der Waals surface area contributed by atoms with E-state index in [1.54, 1.807) is 0 Å². The third kappa shape index (κ3) is 5.08.